The summed E-state index contributed by atoms with van der Waals surface area (Å²) >= 11 is 0. The summed E-state index contributed by atoms with van der Waals surface area (Å²) in [6, 6.07) is 6.74. The number of nitrogens with one attached hydrogen (secondary N) is 2. The molecule has 1 aromatic heterocycles. The van der Waals surface area contributed by atoms with Crippen LogP contribution in [0, 0.1) is 11.7 Å². The molecule has 1 aliphatic heterocycles. The van der Waals surface area contributed by atoms with E-state index in [1.807, 2.05) is 24.1 Å². The molecular formula is C14H17FN6. The van der Waals surface area contributed by atoms with Gasteiger partial charge in [-0.3, -0.25) is 5.43 Å². The lowest BCUT2D eigenvalue weighted by Crippen LogP contribution is -2.31. The van der Waals surface area contributed by atoms with Crippen molar-refractivity contribution < 1.29 is 4.39 Å². The number of nitrogens with zero attached hydrogens (tertiary/aromatic N) is 4. The number of halogens is 1. The largest absolute Gasteiger partial charge is 0.343 e. The summed E-state index contributed by atoms with van der Waals surface area (Å²) in [5.74, 6) is 0.760. The number of anilines is 1. The van der Waals surface area contributed by atoms with Crippen molar-refractivity contribution in [3.05, 3.63) is 48.3 Å². The number of hydrogen-bond acceptors (Lipinski definition) is 6. The fraction of sp³-hybridized carbons (Fsp3) is 0.357. The molecule has 2 N–H and O–H groups in total. The van der Waals surface area contributed by atoms with Crippen molar-refractivity contribution in [2.45, 2.75) is 6.04 Å². The Balaban J connectivity index is 1.71. The lowest BCUT2D eigenvalue weighted by Gasteiger charge is -2.24. The zero-order valence-electron chi connectivity index (χ0n) is 11.7. The van der Waals surface area contributed by atoms with Gasteiger partial charge in [-0.25, -0.2) is 24.8 Å². The molecule has 2 unspecified atom stereocenters. The maximum atomic E-state index is 13.0. The Morgan fingerprint density at radius 3 is 2.67 bits per heavy atom. The van der Waals surface area contributed by atoms with Crippen LogP contribution < -0.4 is 15.8 Å². The number of aromatic nitrogens is 3. The highest BCUT2D eigenvalue weighted by atomic mass is 19.1. The fourth-order valence-corrected chi connectivity index (χ4v) is 2.59. The molecule has 1 saturated heterocycles. The maximum absolute atomic E-state index is 13.0. The minimum Gasteiger partial charge on any atom is -0.343 e. The van der Waals surface area contributed by atoms with Gasteiger partial charge in [-0.15, -0.1) is 0 Å². The van der Waals surface area contributed by atoms with E-state index in [1.54, 1.807) is 0 Å². The summed E-state index contributed by atoms with van der Waals surface area (Å²) in [5.41, 5.74) is 7.48. The van der Waals surface area contributed by atoms with Crippen LogP contribution in [0.25, 0.3) is 0 Å². The van der Waals surface area contributed by atoms with E-state index in [9.17, 15) is 4.39 Å². The van der Waals surface area contributed by atoms with E-state index < -0.39 is 0 Å². The van der Waals surface area contributed by atoms with Crippen molar-refractivity contribution in [3.63, 3.8) is 0 Å². The first kappa shape index (κ1) is 13.8. The monoisotopic (exact) mass is 288 g/mol. The molecule has 0 radical (unpaired) electrons. The highest BCUT2D eigenvalue weighted by molar-refractivity contribution is 5.27. The first-order valence-corrected chi connectivity index (χ1v) is 6.81. The molecule has 0 bridgehead atoms. The molecule has 6 nitrogen and oxygen atoms in total. The van der Waals surface area contributed by atoms with Crippen LogP contribution in [0.15, 0.2) is 36.9 Å². The van der Waals surface area contributed by atoms with Gasteiger partial charge in [-0.1, -0.05) is 12.1 Å². The van der Waals surface area contributed by atoms with E-state index in [-0.39, 0.29) is 11.9 Å². The average molecular weight is 288 g/mol. The minimum absolute atomic E-state index is 0.134. The standard InChI is InChI=1S/C14H17FN6/c1-21(14-17-8-16-9-18-14)7-11-6-19-20-13(11)10-2-4-12(15)5-3-10/h2-5,8-9,11,13,19-20H,6-7H2,1H3. The zero-order valence-corrected chi connectivity index (χ0v) is 11.7. The van der Waals surface area contributed by atoms with Crippen LogP contribution in [-0.4, -0.2) is 35.1 Å². The topological polar surface area (TPSA) is 66.0 Å². The molecular weight excluding hydrogens is 271 g/mol. The Morgan fingerprint density at radius 2 is 1.95 bits per heavy atom. The third-order valence-corrected chi connectivity index (χ3v) is 3.65. The van der Waals surface area contributed by atoms with Gasteiger partial charge in [0.1, 0.15) is 18.5 Å². The molecule has 2 aromatic rings. The first-order valence-electron chi connectivity index (χ1n) is 6.81. The van der Waals surface area contributed by atoms with Crippen molar-refractivity contribution >= 4 is 5.95 Å². The smallest absolute Gasteiger partial charge is 0.228 e. The molecule has 2 heterocycles. The van der Waals surface area contributed by atoms with E-state index in [1.165, 1.54) is 24.8 Å². The number of hydrogen-bond donors (Lipinski definition) is 2. The summed E-state index contributed by atoms with van der Waals surface area (Å²) in [6.07, 6.45) is 2.98. The van der Waals surface area contributed by atoms with Crippen LogP contribution >= 0.6 is 0 Å². The Bertz CT molecular complexity index is 576. The molecule has 1 fully saturated rings. The lowest BCUT2D eigenvalue weighted by molar-refractivity contribution is 0.473. The van der Waals surface area contributed by atoms with Gasteiger partial charge >= 0.3 is 0 Å². The van der Waals surface area contributed by atoms with Crippen molar-refractivity contribution in [2.75, 3.05) is 25.0 Å². The predicted molar refractivity (Wildman–Crippen MR) is 76.9 cm³/mol. The molecule has 0 spiro atoms. The van der Waals surface area contributed by atoms with Gasteiger partial charge in [-0.2, -0.15) is 0 Å². The molecule has 7 heteroatoms. The van der Waals surface area contributed by atoms with Gasteiger partial charge in [0.05, 0.1) is 6.04 Å². The summed E-state index contributed by atoms with van der Waals surface area (Å²) in [4.78, 5) is 14.1. The van der Waals surface area contributed by atoms with Crippen LogP contribution in [0.3, 0.4) is 0 Å². The summed E-state index contributed by atoms with van der Waals surface area (Å²) < 4.78 is 13.0. The lowest BCUT2D eigenvalue weighted by atomic mass is 9.94. The fourth-order valence-electron chi connectivity index (χ4n) is 2.59. The maximum Gasteiger partial charge on any atom is 0.228 e. The van der Waals surface area contributed by atoms with E-state index in [2.05, 4.69) is 25.8 Å². The zero-order chi connectivity index (χ0) is 14.7. The van der Waals surface area contributed by atoms with Crippen molar-refractivity contribution in [1.82, 2.24) is 25.8 Å². The van der Waals surface area contributed by atoms with E-state index in [4.69, 9.17) is 0 Å². The van der Waals surface area contributed by atoms with Gasteiger partial charge in [0.25, 0.3) is 0 Å². The second-order valence-corrected chi connectivity index (χ2v) is 5.13. The average Bonchev–Trinajstić information content (AvgIpc) is 2.97. The third-order valence-electron chi connectivity index (χ3n) is 3.65. The second kappa shape index (κ2) is 6.11. The molecule has 0 aliphatic carbocycles. The molecule has 3 rings (SSSR count). The van der Waals surface area contributed by atoms with Crippen molar-refractivity contribution in [1.29, 1.82) is 0 Å². The van der Waals surface area contributed by atoms with Gasteiger partial charge in [-0.05, 0) is 17.7 Å². The molecule has 1 aliphatic rings. The molecule has 0 saturated carbocycles. The summed E-state index contributed by atoms with van der Waals surface area (Å²) in [6.45, 7) is 1.61. The molecule has 2 atom stereocenters. The molecule has 21 heavy (non-hydrogen) atoms. The third kappa shape index (κ3) is 3.14. The quantitative estimate of drug-likeness (QED) is 0.872. The minimum atomic E-state index is -0.219. The first-order chi connectivity index (χ1) is 10.2. The SMILES string of the molecule is CN(CC1CNNC1c1ccc(F)cc1)c1ncncn1. The normalized spacial score (nSPS) is 21.4. The van der Waals surface area contributed by atoms with Crippen LogP contribution in [0.5, 0.6) is 0 Å². The van der Waals surface area contributed by atoms with Crippen LogP contribution in [0.1, 0.15) is 11.6 Å². The van der Waals surface area contributed by atoms with Crippen LogP contribution in [0.4, 0.5) is 10.3 Å². The van der Waals surface area contributed by atoms with Crippen LogP contribution in [0.2, 0.25) is 0 Å². The highest BCUT2D eigenvalue weighted by Gasteiger charge is 2.29. The predicted octanol–water partition coefficient (Wildman–Crippen LogP) is 0.912. The second-order valence-electron chi connectivity index (χ2n) is 5.13. The van der Waals surface area contributed by atoms with Gasteiger partial charge < -0.3 is 4.90 Å². The Hall–Kier alpha value is -2.12. The number of rotatable bonds is 4. The van der Waals surface area contributed by atoms with E-state index >= 15 is 0 Å². The molecule has 110 valence electrons. The van der Waals surface area contributed by atoms with Crippen LogP contribution in [-0.2, 0) is 0 Å². The highest BCUT2D eigenvalue weighted by Crippen LogP contribution is 2.26. The number of hydrazine groups is 1. The van der Waals surface area contributed by atoms with Crippen molar-refractivity contribution in [2.24, 2.45) is 5.92 Å². The van der Waals surface area contributed by atoms with Gasteiger partial charge in [0.15, 0.2) is 0 Å². The Kier molecular flexibility index (Phi) is 4.03. The summed E-state index contributed by atoms with van der Waals surface area (Å²) in [7, 11) is 1.95. The van der Waals surface area contributed by atoms with Crippen molar-refractivity contribution in [3.8, 4) is 0 Å². The Labute approximate surface area is 122 Å². The molecule has 0 amide bonds. The summed E-state index contributed by atoms with van der Waals surface area (Å²) in [5, 5.41) is 0. The van der Waals surface area contributed by atoms with Gasteiger partial charge in [0, 0.05) is 26.1 Å². The van der Waals surface area contributed by atoms with E-state index in [0.717, 1.165) is 18.7 Å². The van der Waals surface area contributed by atoms with Gasteiger partial charge in [0.2, 0.25) is 5.95 Å². The molecule has 1 aromatic carbocycles. The Morgan fingerprint density at radius 1 is 1.24 bits per heavy atom. The van der Waals surface area contributed by atoms with E-state index in [0.29, 0.717) is 11.9 Å². The number of benzene rings is 1.